The number of halogens is 2. The van der Waals surface area contributed by atoms with Crippen LogP contribution in [0.3, 0.4) is 0 Å². The summed E-state index contributed by atoms with van der Waals surface area (Å²) >= 11 is 0. The average Bonchev–Trinajstić information content (AvgIpc) is 2.44. The molecule has 0 atom stereocenters. The minimum absolute atomic E-state index is 0.242. The van der Waals surface area contributed by atoms with E-state index in [1.807, 2.05) is 6.07 Å². The fourth-order valence-electron chi connectivity index (χ4n) is 1.95. The number of carbonyl (C=O) groups excluding carboxylic acids is 1. The molecule has 19 heavy (non-hydrogen) atoms. The van der Waals surface area contributed by atoms with Crippen LogP contribution in [0.1, 0.15) is 12.8 Å². The number of nitrogens with one attached hydrogen (secondary N) is 1. The van der Waals surface area contributed by atoms with E-state index >= 15 is 0 Å². The molecule has 0 unspecified atom stereocenters. The molecule has 1 amide bonds. The first-order valence-corrected chi connectivity index (χ1v) is 5.83. The summed E-state index contributed by atoms with van der Waals surface area (Å²) in [6, 6.07) is 5.46. The number of rotatable bonds is 2. The average molecular weight is 266 g/mol. The highest BCUT2D eigenvalue weighted by Gasteiger charge is 2.40. The van der Waals surface area contributed by atoms with Crippen molar-refractivity contribution in [3.63, 3.8) is 0 Å². The molecule has 2 rings (SSSR count). The van der Waals surface area contributed by atoms with E-state index in [-0.39, 0.29) is 18.5 Å². The Bertz CT molecular complexity index is 534. The highest BCUT2D eigenvalue weighted by molar-refractivity contribution is 5.97. The van der Waals surface area contributed by atoms with E-state index in [0.29, 0.717) is 13.2 Å². The minimum atomic E-state index is -1.24. The molecule has 1 saturated heterocycles. The van der Waals surface area contributed by atoms with Crippen LogP contribution in [0.25, 0.3) is 0 Å². The SMILES string of the molecule is N#CC1(C(=O)Nc2cccc(F)c2F)CCOCC1. The van der Waals surface area contributed by atoms with E-state index in [0.717, 1.165) is 6.07 Å². The third kappa shape index (κ3) is 2.56. The molecular weight excluding hydrogens is 254 g/mol. The number of anilines is 1. The lowest BCUT2D eigenvalue weighted by molar-refractivity contribution is -0.126. The molecule has 0 saturated carbocycles. The normalized spacial score (nSPS) is 17.5. The number of hydrogen-bond acceptors (Lipinski definition) is 3. The van der Waals surface area contributed by atoms with Gasteiger partial charge in [0.25, 0.3) is 0 Å². The van der Waals surface area contributed by atoms with E-state index in [1.54, 1.807) is 0 Å². The molecule has 100 valence electrons. The van der Waals surface area contributed by atoms with Crippen LogP contribution in [0.5, 0.6) is 0 Å². The Morgan fingerprint density at radius 2 is 2.05 bits per heavy atom. The predicted octanol–water partition coefficient (Wildman–Crippen LogP) is 2.22. The molecule has 1 aromatic carbocycles. The van der Waals surface area contributed by atoms with E-state index in [2.05, 4.69) is 5.32 Å². The van der Waals surface area contributed by atoms with Gasteiger partial charge in [0.05, 0.1) is 11.8 Å². The van der Waals surface area contributed by atoms with Gasteiger partial charge in [0, 0.05) is 13.2 Å². The molecule has 0 aliphatic carbocycles. The van der Waals surface area contributed by atoms with Gasteiger partial charge in [-0.05, 0) is 25.0 Å². The Hall–Kier alpha value is -2.00. The van der Waals surface area contributed by atoms with Crippen molar-refractivity contribution in [1.29, 1.82) is 5.26 Å². The lowest BCUT2D eigenvalue weighted by atomic mass is 9.81. The molecule has 4 nitrogen and oxygen atoms in total. The molecule has 1 heterocycles. The molecule has 1 aromatic rings. The standard InChI is InChI=1S/C13H12F2N2O2/c14-9-2-1-3-10(11(9)15)17-12(18)13(8-16)4-6-19-7-5-13/h1-3H,4-7H2,(H,17,18). The maximum absolute atomic E-state index is 13.5. The summed E-state index contributed by atoms with van der Waals surface area (Å²) in [5.41, 5.74) is -1.50. The topological polar surface area (TPSA) is 62.1 Å². The first-order chi connectivity index (χ1) is 9.09. The van der Waals surface area contributed by atoms with Crippen LogP contribution in [0.15, 0.2) is 18.2 Å². The van der Waals surface area contributed by atoms with Crippen molar-refractivity contribution in [2.24, 2.45) is 5.41 Å². The summed E-state index contributed by atoms with van der Waals surface area (Å²) in [6.07, 6.45) is 0.485. The van der Waals surface area contributed by atoms with Gasteiger partial charge in [-0.2, -0.15) is 5.26 Å². The Balaban J connectivity index is 2.20. The second kappa shape index (κ2) is 5.33. The van der Waals surface area contributed by atoms with Crippen LogP contribution in [0, 0.1) is 28.4 Å². The van der Waals surface area contributed by atoms with Crippen LogP contribution in [0.2, 0.25) is 0 Å². The monoisotopic (exact) mass is 266 g/mol. The van der Waals surface area contributed by atoms with Crippen LogP contribution >= 0.6 is 0 Å². The Morgan fingerprint density at radius 3 is 2.68 bits per heavy atom. The Labute approximate surface area is 109 Å². The number of nitriles is 1. The van der Waals surface area contributed by atoms with Crippen molar-refractivity contribution in [2.75, 3.05) is 18.5 Å². The zero-order valence-electron chi connectivity index (χ0n) is 10.1. The van der Waals surface area contributed by atoms with Gasteiger partial charge in [-0.3, -0.25) is 4.79 Å². The Morgan fingerprint density at radius 1 is 1.37 bits per heavy atom. The van der Waals surface area contributed by atoms with Crippen molar-refractivity contribution < 1.29 is 18.3 Å². The fraction of sp³-hybridized carbons (Fsp3) is 0.385. The Kier molecular flexibility index (Phi) is 3.76. The van der Waals surface area contributed by atoms with Gasteiger partial charge in [-0.1, -0.05) is 6.07 Å². The van der Waals surface area contributed by atoms with E-state index in [4.69, 9.17) is 4.74 Å². The van der Waals surface area contributed by atoms with E-state index in [1.165, 1.54) is 12.1 Å². The lowest BCUT2D eigenvalue weighted by Crippen LogP contribution is -2.40. The van der Waals surface area contributed by atoms with Gasteiger partial charge >= 0.3 is 0 Å². The summed E-state index contributed by atoms with van der Waals surface area (Å²) in [5, 5.41) is 11.5. The van der Waals surface area contributed by atoms with Gasteiger partial charge < -0.3 is 10.1 Å². The summed E-state index contributed by atoms with van der Waals surface area (Å²) in [7, 11) is 0. The molecule has 6 heteroatoms. The van der Waals surface area contributed by atoms with Gasteiger partial charge in [0.15, 0.2) is 11.6 Å². The summed E-state index contributed by atoms with van der Waals surface area (Å²) < 4.78 is 31.6. The van der Waals surface area contributed by atoms with Crippen molar-refractivity contribution >= 4 is 11.6 Å². The quantitative estimate of drug-likeness (QED) is 0.892. The third-order valence-corrected chi connectivity index (χ3v) is 3.19. The first-order valence-electron chi connectivity index (χ1n) is 5.83. The second-order valence-electron chi connectivity index (χ2n) is 4.36. The van der Waals surface area contributed by atoms with Gasteiger partial charge in [-0.15, -0.1) is 0 Å². The largest absolute Gasteiger partial charge is 0.381 e. The molecule has 1 N–H and O–H groups in total. The number of amides is 1. The van der Waals surface area contributed by atoms with Gasteiger partial charge in [0.2, 0.25) is 5.91 Å². The molecular formula is C13H12F2N2O2. The van der Waals surface area contributed by atoms with Crippen molar-refractivity contribution in [3.05, 3.63) is 29.8 Å². The summed E-state index contributed by atoms with van der Waals surface area (Å²) in [4.78, 5) is 12.1. The molecule has 0 spiro atoms. The zero-order valence-corrected chi connectivity index (χ0v) is 10.1. The number of carbonyl (C=O) groups is 1. The van der Waals surface area contributed by atoms with Crippen LogP contribution < -0.4 is 5.32 Å². The van der Waals surface area contributed by atoms with Crippen molar-refractivity contribution in [1.82, 2.24) is 0 Å². The van der Waals surface area contributed by atoms with Crippen molar-refractivity contribution in [2.45, 2.75) is 12.8 Å². The van der Waals surface area contributed by atoms with E-state index < -0.39 is 23.0 Å². The highest BCUT2D eigenvalue weighted by Crippen LogP contribution is 2.31. The second-order valence-corrected chi connectivity index (χ2v) is 4.36. The number of nitrogens with zero attached hydrogens (tertiary/aromatic N) is 1. The maximum Gasteiger partial charge on any atom is 0.245 e. The van der Waals surface area contributed by atoms with Crippen LogP contribution in [-0.2, 0) is 9.53 Å². The smallest absolute Gasteiger partial charge is 0.245 e. The van der Waals surface area contributed by atoms with Crippen molar-refractivity contribution in [3.8, 4) is 6.07 Å². The zero-order chi connectivity index (χ0) is 13.9. The number of benzene rings is 1. The van der Waals surface area contributed by atoms with Gasteiger partial charge in [0.1, 0.15) is 5.41 Å². The van der Waals surface area contributed by atoms with E-state index in [9.17, 15) is 18.8 Å². The minimum Gasteiger partial charge on any atom is -0.381 e. The highest BCUT2D eigenvalue weighted by atomic mass is 19.2. The third-order valence-electron chi connectivity index (χ3n) is 3.19. The maximum atomic E-state index is 13.5. The fourth-order valence-corrected chi connectivity index (χ4v) is 1.95. The summed E-state index contributed by atoms with van der Waals surface area (Å²) in [6.45, 7) is 0.596. The number of ether oxygens (including phenoxy) is 1. The molecule has 1 aliphatic rings. The number of hydrogen-bond donors (Lipinski definition) is 1. The first kappa shape index (κ1) is 13.4. The van der Waals surface area contributed by atoms with Gasteiger partial charge in [-0.25, -0.2) is 8.78 Å². The molecule has 1 fully saturated rings. The molecule has 0 bridgehead atoms. The molecule has 0 radical (unpaired) electrons. The predicted molar refractivity (Wildman–Crippen MR) is 63.1 cm³/mol. The summed E-state index contributed by atoms with van der Waals surface area (Å²) in [5.74, 6) is -2.80. The molecule has 1 aliphatic heterocycles. The van der Waals surface area contributed by atoms with Crippen LogP contribution in [0.4, 0.5) is 14.5 Å². The van der Waals surface area contributed by atoms with Crippen LogP contribution in [-0.4, -0.2) is 19.1 Å². The molecule has 0 aromatic heterocycles. The lowest BCUT2D eigenvalue weighted by Gasteiger charge is -2.29.